The number of piperidine rings is 1. The van der Waals surface area contributed by atoms with Gasteiger partial charge in [-0.15, -0.1) is 0 Å². The predicted molar refractivity (Wildman–Crippen MR) is 78.8 cm³/mol. The lowest BCUT2D eigenvalue weighted by molar-refractivity contribution is 0.0689. The molecule has 2 nitrogen and oxygen atoms in total. The summed E-state index contributed by atoms with van der Waals surface area (Å²) in [7, 11) is 0. The van der Waals surface area contributed by atoms with Crippen molar-refractivity contribution in [2.75, 3.05) is 26.2 Å². The van der Waals surface area contributed by atoms with Crippen molar-refractivity contribution in [3.8, 4) is 0 Å². The molecule has 1 saturated carbocycles. The lowest BCUT2D eigenvalue weighted by Gasteiger charge is -2.43. The SMILES string of the molecule is CCNCC1CCCN(C2CC(C)CC(C)C2)C1. The Bertz CT molecular complexity index is 231. The van der Waals surface area contributed by atoms with Gasteiger partial charge in [-0.25, -0.2) is 0 Å². The first-order valence-corrected chi connectivity index (χ1v) is 8.13. The Balaban J connectivity index is 1.83. The summed E-state index contributed by atoms with van der Waals surface area (Å²) in [5.41, 5.74) is 0. The lowest BCUT2D eigenvalue weighted by Crippen LogP contribution is -2.47. The monoisotopic (exact) mass is 252 g/mol. The van der Waals surface area contributed by atoms with Crippen LogP contribution in [0, 0.1) is 17.8 Å². The first kappa shape index (κ1) is 14.3. The molecule has 0 amide bonds. The second kappa shape index (κ2) is 6.91. The summed E-state index contributed by atoms with van der Waals surface area (Å²) >= 11 is 0. The molecular weight excluding hydrogens is 220 g/mol. The zero-order valence-electron chi connectivity index (χ0n) is 12.6. The molecule has 1 saturated heterocycles. The van der Waals surface area contributed by atoms with Gasteiger partial charge in [-0.3, -0.25) is 0 Å². The fraction of sp³-hybridized carbons (Fsp3) is 1.00. The van der Waals surface area contributed by atoms with E-state index in [0.29, 0.717) is 0 Å². The molecular formula is C16H32N2. The Morgan fingerprint density at radius 3 is 2.50 bits per heavy atom. The van der Waals surface area contributed by atoms with E-state index in [1.807, 2.05) is 0 Å². The molecule has 1 aliphatic heterocycles. The number of nitrogens with one attached hydrogen (secondary N) is 1. The molecule has 1 heterocycles. The molecule has 3 unspecified atom stereocenters. The van der Waals surface area contributed by atoms with Crippen LogP contribution >= 0.6 is 0 Å². The molecule has 2 rings (SSSR count). The van der Waals surface area contributed by atoms with Crippen LogP contribution in [-0.4, -0.2) is 37.1 Å². The molecule has 18 heavy (non-hydrogen) atoms. The Morgan fingerprint density at radius 1 is 1.11 bits per heavy atom. The van der Waals surface area contributed by atoms with Crippen molar-refractivity contribution < 1.29 is 0 Å². The van der Waals surface area contributed by atoms with E-state index in [0.717, 1.165) is 30.3 Å². The molecule has 2 fully saturated rings. The van der Waals surface area contributed by atoms with Crippen LogP contribution in [-0.2, 0) is 0 Å². The van der Waals surface area contributed by atoms with Crippen LogP contribution < -0.4 is 5.32 Å². The summed E-state index contributed by atoms with van der Waals surface area (Å²) < 4.78 is 0. The minimum absolute atomic E-state index is 0.883. The van der Waals surface area contributed by atoms with Crippen molar-refractivity contribution in [1.82, 2.24) is 10.2 Å². The predicted octanol–water partition coefficient (Wildman–Crippen LogP) is 3.13. The van der Waals surface area contributed by atoms with Crippen molar-refractivity contribution in [3.63, 3.8) is 0 Å². The van der Waals surface area contributed by atoms with Crippen molar-refractivity contribution in [2.45, 2.75) is 58.9 Å². The fourth-order valence-electron chi connectivity index (χ4n) is 4.15. The maximum absolute atomic E-state index is 3.53. The number of rotatable bonds is 4. The van der Waals surface area contributed by atoms with E-state index in [4.69, 9.17) is 0 Å². The molecule has 106 valence electrons. The van der Waals surface area contributed by atoms with E-state index in [2.05, 4.69) is 31.0 Å². The van der Waals surface area contributed by atoms with Gasteiger partial charge in [0, 0.05) is 12.6 Å². The quantitative estimate of drug-likeness (QED) is 0.827. The highest BCUT2D eigenvalue weighted by Gasteiger charge is 2.31. The van der Waals surface area contributed by atoms with Gasteiger partial charge in [0.1, 0.15) is 0 Å². The summed E-state index contributed by atoms with van der Waals surface area (Å²) in [5, 5.41) is 3.53. The van der Waals surface area contributed by atoms with Gasteiger partial charge < -0.3 is 10.2 Å². The molecule has 2 heteroatoms. The number of nitrogens with zero attached hydrogens (tertiary/aromatic N) is 1. The van der Waals surface area contributed by atoms with Crippen molar-refractivity contribution >= 4 is 0 Å². The minimum atomic E-state index is 0.883. The van der Waals surface area contributed by atoms with Gasteiger partial charge >= 0.3 is 0 Å². The molecule has 0 spiro atoms. The Kier molecular flexibility index (Phi) is 5.50. The van der Waals surface area contributed by atoms with E-state index in [1.54, 1.807) is 0 Å². The average Bonchev–Trinajstić information content (AvgIpc) is 2.35. The fourth-order valence-corrected chi connectivity index (χ4v) is 4.15. The maximum atomic E-state index is 3.53. The van der Waals surface area contributed by atoms with Gasteiger partial charge in [0.05, 0.1) is 0 Å². The third-order valence-electron chi connectivity index (χ3n) is 4.90. The summed E-state index contributed by atoms with van der Waals surface area (Å²) in [4.78, 5) is 2.82. The normalized spacial score (nSPS) is 38.8. The number of hydrogen-bond acceptors (Lipinski definition) is 2. The average molecular weight is 252 g/mol. The molecule has 3 atom stereocenters. The van der Waals surface area contributed by atoms with Crippen molar-refractivity contribution in [2.24, 2.45) is 17.8 Å². The van der Waals surface area contributed by atoms with Crippen LogP contribution in [0.3, 0.4) is 0 Å². The van der Waals surface area contributed by atoms with Crippen LogP contribution in [0.1, 0.15) is 52.9 Å². The number of hydrogen-bond donors (Lipinski definition) is 1. The van der Waals surface area contributed by atoms with Crippen LogP contribution in [0.5, 0.6) is 0 Å². The number of likely N-dealkylation sites (tertiary alicyclic amines) is 1. The van der Waals surface area contributed by atoms with Gasteiger partial charge in [-0.05, 0) is 69.5 Å². The minimum Gasteiger partial charge on any atom is -0.317 e. The van der Waals surface area contributed by atoms with Crippen LogP contribution in [0.2, 0.25) is 0 Å². The molecule has 0 radical (unpaired) electrons. The van der Waals surface area contributed by atoms with Gasteiger partial charge in [0.2, 0.25) is 0 Å². The molecule has 1 N–H and O–H groups in total. The van der Waals surface area contributed by atoms with Crippen molar-refractivity contribution in [1.29, 1.82) is 0 Å². The second-order valence-corrected chi connectivity index (χ2v) is 6.88. The van der Waals surface area contributed by atoms with Gasteiger partial charge in [-0.1, -0.05) is 20.8 Å². The zero-order valence-corrected chi connectivity index (χ0v) is 12.6. The first-order valence-electron chi connectivity index (χ1n) is 8.13. The molecule has 2 aliphatic rings. The summed E-state index contributed by atoms with van der Waals surface area (Å²) in [6.45, 7) is 12.2. The lowest BCUT2D eigenvalue weighted by atomic mass is 9.79. The Labute approximate surface area is 114 Å². The topological polar surface area (TPSA) is 15.3 Å². The Morgan fingerprint density at radius 2 is 1.83 bits per heavy atom. The van der Waals surface area contributed by atoms with E-state index in [-0.39, 0.29) is 0 Å². The third kappa shape index (κ3) is 3.96. The smallest absolute Gasteiger partial charge is 0.0100 e. The summed E-state index contributed by atoms with van der Waals surface area (Å²) in [5.74, 6) is 2.77. The van der Waals surface area contributed by atoms with E-state index in [1.165, 1.54) is 51.7 Å². The maximum Gasteiger partial charge on any atom is 0.0100 e. The molecule has 0 bridgehead atoms. The van der Waals surface area contributed by atoms with Crippen LogP contribution in [0.4, 0.5) is 0 Å². The van der Waals surface area contributed by atoms with Gasteiger partial charge in [0.25, 0.3) is 0 Å². The highest BCUT2D eigenvalue weighted by Crippen LogP contribution is 2.33. The van der Waals surface area contributed by atoms with Gasteiger partial charge in [0.15, 0.2) is 0 Å². The highest BCUT2D eigenvalue weighted by atomic mass is 15.2. The Hall–Kier alpha value is -0.0800. The largest absolute Gasteiger partial charge is 0.317 e. The summed E-state index contributed by atoms with van der Waals surface area (Å²) in [6.07, 6.45) is 7.18. The van der Waals surface area contributed by atoms with Crippen molar-refractivity contribution in [3.05, 3.63) is 0 Å². The van der Waals surface area contributed by atoms with Crippen LogP contribution in [0.15, 0.2) is 0 Å². The highest BCUT2D eigenvalue weighted by molar-refractivity contribution is 4.85. The molecule has 0 aromatic heterocycles. The zero-order chi connectivity index (χ0) is 13.0. The molecule has 1 aliphatic carbocycles. The second-order valence-electron chi connectivity index (χ2n) is 6.88. The van der Waals surface area contributed by atoms with E-state index in [9.17, 15) is 0 Å². The van der Waals surface area contributed by atoms with E-state index >= 15 is 0 Å². The standard InChI is InChI=1S/C16H32N2/c1-4-17-11-15-6-5-7-18(12-15)16-9-13(2)8-14(3)10-16/h13-17H,4-12H2,1-3H3. The van der Waals surface area contributed by atoms with Gasteiger partial charge in [-0.2, -0.15) is 0 Å². The molecule has 0 aromatic carbocycles. The third-order valence-corrected chi connectivity index (χ3v) is 4.90. The molecule has 0 aromatic rings. The summed E-state index contributed by atoms with van der Waals surface area (Å²) in [6, 6.07) is 0.883. The van der Waals surface area contributed by atoms with E-state index < -0.39 is 0 Å². The van der Waals surface area contributed by atoms with Crippen LogP contribution in [0.25, 0.3) is 0 Å². The first-order chi connectivity index (χ1) is 8.69.